The van der Waals surface area contributed by atoms with Crippen LogP contribution in [0.2, 0.25) is 0 Å². The van der Waals surface area contributed by atoms with Gasteiger partial charge in [-0.15, -0.1) is 0 Å². The van der Waals surface area contributed by atoms with Gasteiger partial charge in [-0.1, -0.05) is 18.2 Å². The molecule has 2 aliphatic heterocycles. The molecule has 0 aromatic heterocycles. The van der Waals surface area contributed by atoms with E-state index in [4.69, 9.17) is 0 Å². The Morgan fingerprint density at radius 1 is 1.26 bits per heavy atom. The molecule has 3 rings (SSSR count). The second-order valence-electron chi connectivity index (χ2n) is 5.35. The monoisotopic (exact) mass is 259 g/mol. The molecule has 0 radical (unpaired) electrons. The average molecular weight is 259 g/mol. The van der Waals surface area contributed by atoms with E-state index in [0.29, 0.717) is 18.2 Å². The van der Waals surface area contributed by atoms with Crippen LogP contribution in [-0.4, -0.2) is 43.5 Å². The predicted octanol–water partition coefficient (Wildman–Crippen LogP) is 1.41. The molecule has 1 fully saturated rings. The van der Waals surface area contributed by atoms with Gasteiger partial charge in [0.05, 0.1) is 0 Å². The van der Waals surface area contributed by atoms with Crippen LogP contribution in [-0.2, 0) is 4.79 Å². The molecule has 2 N–H and O–H groups in total. The van der Waals surface area contributed by atoms with Crippen molar-refractivity contribution in [3.63, 3.8) is 0 Å². The number of carbonyl (C=O) groups excluding carboxylic acids is 1. The molecule has 2 heterocycles. The highest BCUT2D eigenvalue weighted by molar-refractivity contribution is 5.78. The number of amides is 1. The summed E-state index contributed by atoms with van der Waals surface area (Å²) in [5, 5.41) is 6.72. The lowest BCUT2D eigenvalue weighted by Crippen LogP contribution is -2.35. The molecule has 1 saturated heterocycles. The third-order valence-corrected chi connectivity index (χ3v) is 4.05. The first kappa shape index (κ1) is 12.5. The van der Waals surface area contributed by atoms with Gasteiger partial charge in [-0.25, -0.2) is 0 Å². The fourth-order valence-electron chi connectivity index (χ4n) is 2.97. The standard InChI is InChI=1S/C15H21N3O/c19-15(18-8-3-6-16-7-9-18)10-12-11-17-14-5-2-1-4-13(12)14/h1-2,4-5,12,16-17H,3,6-11H2. The highest BCUT2D eigenvalue weighted by Crippen LogP contribution is 2.33. The first-order valence-corrected chi connectivity index (χ1v) is 7.16. The van der Waals surface area contributed by atoms with Crippen LogP contribution in [0.15, 0.2) is 24.3 Å². The Morgan fingerprint density at radius 2 is 2.16 bits per heavy atom. The molecule has 4 heteroatoms. The largest absolute Gasteiger partial charge is 0.384 e. The minimum Gasteiger partial charge on any atom is -0.384 e. The number of hydrogen-bond acceptors (Lipinski definition) is 3. The molecule has 1 aromatic rings. The molecule has 19 heavy (non-hydrogen) atoms. The fraction of sp³-hybridized carbons (Fsp3) is 0.533. The summed E-state index contributed by atoms with van der Waals surface area (Å²) in [5.41, 5.74) is 2.49. The van der Waals surface area contributed by atoms with E-state index < -0.39 is 0 Å². The molecule has 1 aromatic carbocycles. The number of carbonyl (C=O) groups is 1. The number of nitrogens with zero attached hydrogens (tertiary/aromatic N) is 1. The predicted molar refractivity (Wildman–Crippen MR) is 76.4 cm³/mol. The highest BCUT2D eigenvalue weighted by Gasteiger charge is 2.26. The van der Waals surface area contributed by atoms with E-state index >= 15 is 0 Å². The van der Waals surface area contributed by atoms with Crippen molar-refractivity contribution >= 4 is 11.6 Å². The number of benzene rings is 1. The fourth-order valence-corrected chi connectivity index (χ4v) is 2.97. The number of para-hydroxylation sites is 1. The third kappa shape index (κ3) is 2.73. The highest BCUT2D eigenvalue weighted by atomic mass is 16.2. The number of rotatable bonds is 2. The van der Waals surface area contributed by atoms with E-state index in [9.17, 15) is 4.79 Å². The van der Waals surface area contributed by atoms with Gasteiger partial charge in [0.25, 0.3) is 0 Å². The average Bonchev–Trinajstić information content (AvgIpc) is 2.66. The Morgan fingerprint density at radius 3 is 3.11 bits per heavy atom. The van der Waals surface area contributed by atoms with Crippen molar-refractivity contribution in [2.75, 3.05) is 38.0 Å². The smallest absolute Gasteiger partial charge is 0.223 e. The maximum atomic E-state index is 12.4. The maximum Gasteiger partial charge on any atom is 0.223 e. The maximum absolute atomic E-state index is 12.4. The Hall–Kier alpha value is -1.55. The molecule has 102 valence electrons. The van der Waals surface area contributed by atoms with Crippen LogP contribution in [0.5, 0.6) is 0 Å². The van der Waals surface area contributed by atoms with Crippen molar-refractivity contribution in [2.45, 2.75) is 18.8 Å². The molecular formula is C15H21N3O. The molecule has 4 nitrogen and oxygen atoms in total. The van der Waals surface area contributed by atoms with Crippen LogP contribution in [0.4, 0.5) is 5.69 Å². The lowest BCUT2D eigenvalue weighted by molar-refractivity contribution is -0.131. The van der Waals surface area contributed by atoms with Crippen LogP contribution in [0, 0.1) is 0 Å². The number of hydrogen-bond donors (Lipinski definition) is 2. The van der Waals surface area contributed by atoms with Crippen LogP contribution in [0.3, 0.4) is 0 Å². The molecule has 0 bridgehead atoms. The molecule has 0 aliphatic carbocycles. The normalized spacial score (nSPS) is 22.5. The van der Waals surface area contributed by atoms with E-state index in [1.165, 1.54) is 11.3 Å². The first-order valence-electron chi connectivity index (χ1n) is 7.16. The van der Waals surface area contributed by atoms with Crippen LogP contribution in [0.1, 0.15) is 24.3 Å². The van der Waals surface area contributed by atoms with Gasteiger partial charge in [-0.3, -0.25) is 4.79 Å². The summed E-state index contributed by atoms with van der Waals surface area (Å²) in [6.07, 6.45) is 1.69. The summed E-state index contributed by atoms with van der Waals surface area (Å²) in [5.74, 6) is 0.632. The Kier molecular flexibility index (Phi) is 3.69. The Balaban J connectivity index is 1.64. The second-order valence-corrected chi connectivity index (χ2v) is 5.35. The first-order chi connectivity index (χ1) is 9.34. The van der Waals surface area contributed by atoms with Gasteiger partial charge in [-0.2, -0.15) is 0 Å². The van der Waals surface area contributed by atoms with Gasteiger partial charge < -0.3 is 15.5 Å². The van der Waals surface area contributed by atoms with Gasteiger partial charge in [-0.05, 0) is 24.6 Å². The molecule has 1 unspecified atom stereocenters. The van der Waals surface area contributed by atoms with Crippen LogP contribution in [0.25, 0.3) is 0 Å². The summed E-state index contributed by atoms with van der Waals surface area (Å²) < 4.78 is 0. The van der Waals surface area contributed by atoms with Crippen molar-refractivity contribution in [2.24, 2.45) is 0 Å². The molecule has 1 amide bonds. The van der Waals surface area contributed by atoms with Gasteiger partial charge >= 0.3 is 0 Å². The van der Waals surface area contributed by atoms with Crippen molar-refractivity contribution < 1.29 is 4.79 Å². The van der Waals surface area contributed by atoms with Crippen molar-refractivity contribution in [3.8, 4) is 0 Å². The van der Waals surface area contributed by atoms with Crippen molar-refractivity contribution in [1.82, 2.24) is 10.2 Å². The van der Waals surface area contributed by atoms with Crippen LogP contribution >= 0.6 is 0 Å². The number of nitrogens with one attached hydrogen (secondary N) is 2. The van der Waals surface area contributed by atoms with Gasteiger partial charge in [0.1, 0.15) is 0 Å². The van der Waals surface area contributed by atoms with Gasteiger partial charge in [0, 0.05) is 44.2 Å². The Labute approximate surface area is 114 Å². The molecule has 0 saturated carbocycles. The van der Waals surface area contributed by atoms with E-state index in [-0.39, 0.29) is 0 Å². The van der Waals surface area contributed by atoms with Crippen molar-refractivity contribution in [1.29, 1.82) is 0 Å². The zero-order chi connectivity index (χ0) is 13.1. The molecule has 2 aliphatic rings. The molecule has 0 spiro atoms. The lowest BCUT2D eigenvalue weighted by atomic mass is 9.97. The number of anilines is 1. The van der Waals surface area contributed by atoms with Crippen molar-refractivity contribution in [3.05, 3.63) is 29.8 Å². The number of fused-ring (bicyclic) bond motifs is 1. The van der Waals surface area contributed by atoms with Gasteiger partial charge in [0.2, 0.25) is 5.91 Å². The second kappa shape index (κ2) is 5.61. The summed E-state index contributed by atoms with van der Waals surface area (Å²) in [4.78, 5) is 14.4. The minimum atomic E-state index is 0.298. The third-order valence-electron chi connectivity index (χ3n) is 4.05. The molecular weight excluding hydrogens is 238 g/mol. The SMILES string of the molecule is O=C(CC1CNc2ccccc21)N1CCCNCC1. The molecule has 1 atom stereocenters. The zero-order valence-corrected chi connectivity index (χ0v) is 11.2. The van der Waals surface area contributed by atoms with E-state index in [1.807, 2.05) is 11.0 Å². The lowest BCUT2D eigenvalue weighted by Gasteiger charge is -2.21. The van der Waals surface area contributed by atoms with Gasteiger partial charge in [0.15, 0.2) is 0 Å². The quantitative estimate of drug-likeness (QED) is 0.844. The summed E-state index contributed by atoms with van der Waals surface area (Å²) in [7, 11) is 0. The minimum absolute atomic E-state index is 0.298. The van der Waals surface area contributed by atoms with E-state index in [2.05, 4.69) is 28.8 Å². The topological polar surface area (TPSA) is 44.4 Å². The summed E-state index contributed by atoms with van der Waals surface area (Å²) in [6.45, 7) is 4.58. The summed E-state index contributed by atoms with van der Waals surface area (Å²) in [6, 6.07) is 8.32. The zero-order valence-electron chi connectivity index (χ0n) is 11.2. The Bertz CT molecular complexity index is 452. The summed E-state index contributed by atoms with van der Waals surface area (Å²) >= 11 is 0. The van der Waals surface area contributed by atoms with E-state index in [0.717, 1.165) is 39.1 Å². The van der Waals surface area contributed by atoms with E-state index in [1.54, 1.807) is 0 Å². The van der Waals surface area contributed by atoms with Crippen LogP contribution < -0.4 is 10.6 Å².